The van der Waals surface area contributed by atoms with Crippen LogP contribution in [0.1, 0.15) is 32.1 Å². The Labute approximate surface area is 91.3 Å². The molecule has 15 heavy (non-hydrogen) atoms. The summed E-state index contributed by atoms with van der Waals surface area (Å²) in [6.07, 6.45) is 9.67. The molecule has 0 aromatic heterocycles. The van der Waals surface area contributed by atoms with Gasteiger partial charge in [-0.3, -0.25) is 4.79 Å². The molecule has 2 N–H and O–H groups in total. The predicted octanol–water partition coefficient (Wildman–Crippen LogP) is 1.21. The summed E-state index contributed by atoms with van der Waals surface area (Å²) < 4.78 is 0. The highest BCUT2D eigenvalue weighted by molar-refractivity contribution is 5.79. The number of hydrogen-bond donors (Lipinski definition) is 2. The number of carbonyl (C=O) groups is 1. The van der Waals surface area contributed by atoms with Crippen molar-refractivity contribution in [2.45, 2.75) is 38.1 Å². The van der Waals surface area contributed by atoms with Gasteiger partial charge < -0.3 is 10.6 Å². The second-order valence-electron chi connectivity index (χ2n) is 4.51. The average Bonchev–Trinajstić information content (AvgIpc) is 2.90. The molecule has 3 nitrogen and oxygen atoms in total. The Hall–Kier alpha value is -0.830. The van der Waals surface area contributed by atoms with E-state index in [1.54, 1.807) is 0 Å². The first-order chi connectivity index (χ1) is 7.36. The third-order valence-electron chi connectivity index (χ3n) is 3.33. The van der Waals surface area contributed by atoms with Gasteiger partial charge in [-0.15, -0.1) is 0 Å². The van der Waals surface area contributed by atoms with Crippen molar-refractivity contribution in [2.75, 3.05) is 13.1 Å². The first-order valence-electron chi connectivity index (χ1n) is 6.02. The molecule has 1 fully saturated rings. The number of allylic oxidation sites excluding steroid dienone is 2. The molecule has 1 amide bonds. The van der Waals surface area contributed by atoms with Crippen LogP contribution in [0.4, 0.5) is 0 Å². The van der Waals surface area contributed by atoms with Gasteiger partial charge in [-0.2, -0.15) is 0 Å². The lowest BCUT2D eigenvalue weighted by molar-refractivity contribution is -0.124. The van der Waals surface area contributed by atoms with Crippen LogP contribution in [-0.2, 0) is 4.79 Å². The highest BCUT2D eigenvalue weighted by Gasteiger charge is 2.19. The molecule has 0 radical (unpaired) electrons. The van der Waals surface area contributed by atoms with E-state index in [1.807, 2.05) is 0 Å². The fraction of sp³-hybridized carbons (Fsp3) is 0.750. The Kier molecular flexibility index (Phi) is 3.78. The Morgan fingerprint density at radius 1 is 1.40 bits per heavy atom. The molecule has 1 aliphatic carbocycles. The fourth-order valence-corrected chi connectivity index (χ4v) is 2.35. The van der Waals surface area contributed by atoms with E-state index in [2.05, 4.69) is 22.8 Å². The van der Waals surface area contributed by atoms with Crippen LogP contribution in [0.3, 0.4) is 0 Å². The van der Waals surface area contributed by atoms with Crippen LogP contribution in [0.2, 0.25) is 0 Å². The lowest BCUT2D eigenvalue weighted by Crippen LogP contribution is -2.33. The third-order valence-corrected chi connectivity index (χ3v) is 3.33. The number of amides is 1. The number of hydrogen-bond acceptors (Lipinski definition) is 2. The second-order valence-corrected chi connectivity index (χ2v) is 4.51. The van der Waals surface area contributed by atoms with Crippen molar-refractivity contribution < 1.29 is 4.79 Å². The molecule has 0 saturated carbocycles. The second kappa shape index (κ2) is 5.31. The summed E-state index contributed by atoms with van der Waals surface area (Å²) in [4.78, 5) is 11.6. The fourth-order valence-electron chi connectivity index (χ4n) is 2.35. The summed E-state index contributed by atoms with van der Waals surface area (Å²) in [5.41, 5.74) is 0. The van der Waals surface area contributed by atoms with Gasteiger partial charge in [0.05, 0.1) is 0 Å². The molecule has 1 aliphatic heterocycles. The lowest BCUT2D eigenvalue weighted by atomic mass is 10.1. The van der Waals surface area contributed by atoms with Crippen LogP contribution in [0.15, 0.2) is 12.2 Å². The van der Waals surface area contributed by atoms with Crippen molar-refractivity contribution in [3.05, 3.63) is 12.2 Å². The molecule has 0 aromatic carbocycles. The zero-order valence-corrected chi connectivity index (χ0v) is 9.17. The Bertz CT molecular complexity index is 236. The predicted molar refractivity (Wildman–Crippen MR) is 60.5 cm³/mol. The molecule has 3 heteroatoms. The van der Waals surface area contributed by atoms with Crippen molar-refractivity contribution >= 4 is 5.91 Å². The van der Waals surface area contributed by atoms with Crippen molar-refractivity contribution in [1.29, 1.82) is 0 Å². The topological polar surface area (TPSA) is 41.1 Å². The van der Waals surface area contributed by atoms with Gasteiger partial charge in [0, 0.05) is 18.5 Å². The summed E-state index contributed by atoms with van der Waals surface area (Å²) >= 11 is 0. The van der Waals surface area contributed by atoms with Gasteiger partial charge in [0.1, 0.15) is 0 Å². The van der Waals surface area contributed by atoms with E-state index in [1.165, 1.54) is 12.8 Å². The number of rotatable bonds is 4. The summed E-state index contributed by atoms with van der Waals surface area (Å²) in [5, 5.41) is 6.47. The molecule has 2 rings (SSSR count). The minimum absolute atomic E-state index is 0.210. The van der Waals surface area contributed by atoms with E-state index in [9.17, 15) is 4.79 Å². The maximum atomic E-state index is 11.6. The van der Waals surface area contributed by atoms with Crippen LogP contribution in [0.5, 0.6) is 0 Å². The molecule has 84 valence electrons. The average molecular weight is 208 g/mol. The first-order valence-corrected chi connectivity index (χ1v) is 6.02. The van der Waals surface area contributed by atoms with Gasteiger partial charge in [0.2, 0.25) is 5.91 Å². The molecule has 1 heterocycles. The van der Waals surface area contributed by atoms with Crippen LogP contribution < -0.4 is 10.6 Å². The highest BCUT2D eigenvalue weighted by Crippen LogP contribution is 2.17. The van der Waals surface area contributed by atoms with E-state index < -0.39 is 0 Å². The minimum atomic E-state index is 0.210. The van der Waals surface area contributed by atoms with Gasteiger partial charge >= 0.3 is 0 Å². The van der Waals surface area contributed by atoms with Crippen LogP contribution in [0.25, 0.3) is 0 Å². The van der Waals surface area contributed by atoms with E-state index >= 15 is 0 Å². The Balaban J connectivity index is 1.58. The van der Waals surface area contributed by atoms with E-state index in [0.29, 0.717) is 6.04 Å². The number of nitrogens with one attached hydrogen (secondary N) is 2. The van der Waals surface area contributed by atoms with Gasteiger partial charge in [0.15, 0.2) is 0 Å². The standard InChI is InChI=1S/C12H20N2O/c15-12(10-4-1-2-5-10)14-9-7-11-6-3-8-13-11/h1-2,10-11,13H,3-9H2,(H,14,15)/t11-/m1/s1. The number of carbonyl (C=O) groups excluding carboxylic acids is 1. The van der Waals surface area contributed by atoms with E-state index in [-0.39, 0.29) is 11.8 Å². The summed E-state index contributed by atoms with van der Waals surface area (Å²) in [5.74, 6) is 0.444. The largest absolute Gasteiger partial charge is 0.356 e. The molecular weight excluding hydrogens is 188 g/mol. The maximum Gasteiger partial charge on any atom is 0.223 e. The normalized spacial score (nSPS) is 26.0. The highest BCUT2D eigenvalue weighted by atomic mass is 16.1. The molecule has 0 unspecified atom stereocenters. The van der Waals surface area contributed by atoms with Crippen molar-refractivity contribution in [2.24, 2.45) is 5.92 Å². The Morgan fingerprint density at radius 3 is 2.87 bits per heavy atom. The van der Waals surface area contributed by atoms with Crippen LogP contribution >= 0.6 is 0 Å². The van der Waals surface area contributed by atoms with Crippen LogP contribution in [0, 0.1) is 5.92 Å². The minimum Gasteiger partial charge on any atom is -0.356 e. The summed E-state index contributed by atoms with van der Waals surface area (Å²) in [6, 6.07) is 0.631. The zero-order chi connectivity index (χ0) is 10.5. The van der Waals surface area contributed by atoms with Gasteiger partial charge in [-0.1, -0.05) is 12.2 Å². The summed E-state index contributed by atoms with van der Waals surface area (Å²) in [7, 11) is 0. The Morgan fingerprint density at radius 2 is 2.20 bits per heavy atom. The van der Waals surface area contributed by atoms with Crippen molar-refractivity contribution in [3.8, 4) is 0 Å². The maximum absolute atomic E-state index is 11.6. The smallest absolute Gasteiger partial charge is 0.223 e. The molecule has 2 aliphatic rings. The SMILES string of the molecule is O=C(NCC[C@H]1CCCN1)C1CC=CC1. The van der Waals surface area contributed by atoms with Crippen LogP contribution in [-0.4, -0.2) is 25.0 Å². The lowest BCUT2D eigenvalue weighted by Gasteiger charge is -2.13. The summed E-state index contributed by atoms with van der Waals surface area (Å²) in [6.45, 7) is 1.97. The van der Waals surface area contributed by atoms with Gasteiger partial charge in [-0.25, -0.2) is 0 Å². The molecule has 0 spiro atoms. The van der Waals surface area contributed by atoms with E-state index in [4.69, 9.17) is 0 Å². The van der Waals surface area contributed by atoms with E-state index in [0.717, 1.165) is 32.4 Å². The van der Waals surface area contributed by atoms with Crippen molar-refractivity contribution in [1.82, 2.24) is 10.6 Å². The third kappa shape index (κ3) is 3.06. The molecular formula is C12H20N2O. The molecule has 0 aromatic rings. The first kappa shape index (κ1) is 10.7. The quantitative estimate of drug-likeness (QED) is 0.682. The van der Waals surface area contributed by atoms with Gasteiger partial charge in [-0.05, 0) is 38.6 Å². The monoisotopic (exact) mass is 208 g/mol. The zero-order valence-electron chi connectivity index (χ0n) is 9.17. The van der Waals surface area contributed by atoms with Gasteiger partial charge in [0.25, 0.3) is 0 Å². The van der Waals surface area contributed by atoms with Crippen molar-refractivity contribution in [3.63, 3.8) is 0 Å². The molecule has 1 saturated heterocycles. The molecule has 0 bridgehead atoms. The molecule has 1 atom stereocenters.